The van der Waals surface area contributed by atoms with Gasteiger partial charge in [-0.3, -0.25) is 9.59 Å². The lowest BCUT2D eigenvalue weighted by Gasteiger charge is -2.14. The molecule has 5 heteroatoms. The summed E-state index contributed by atoms with van der Waals surface area (Å²) in [5.41, 5.74) is 7.27. The van der Waals surface area contributed by atoms with Crippen LogP contribution in [0.2, 0.25) is 0 Å². The van der Waals surface area contributed by atoms with Crippen molar-refractivity contribution in [2.75, 3.05) is 18.8 Å². The minimum Gasteiger partial charge on any atom is -0.399 e. The van der Waals surface area contributed by atoms with E-state index >= 15 is 0 Å². The highest BCUT2D eigenvalue weighted by atomic mass is 16.2. The molecule has 3 N–H and O–H groups in total. The second-order valence-electron chi connectivity index (χ2n) is 4.44. The predicted molar refractivity (Wildman–Crippen MR) is 68.5 cm³/mol. The summed E-state index contributed by atoms with van der Waals surface area (Å²) in [6.45, 7) is 1.31. The molecule has 1 aromatic carbocycles. The smallest absolute Gasteiger partial charge is 0.239 e. The molecule has 0 spiro atoms. The topological polar surface area (TPSA) is 75.4 Å². The number of benzene rings is 1. The first kappa shape index (κ1) is 12.4. The normalized spacial score (nSPS) is 14.9. The summed E-state index contributed by atoms with van der Waals surface area (Å²) in [5.74, 6) is -0.0558. The van der Waals surface area contributed by atoms with Gasteiger partial charge in [0, 0.05) is 25.2 Å². The van der Waals surface area contributed by atoms with Crippen LogP contribution in [0.1, 0.15) is 18.4 Å². The number of hydrogen-bond donors (Lipinski definition) is 2. The maximum Gasteiger partial charge on any atom is 0.239 e. The fraction of sp³-hybridized carbons (Fsp3) is 0.385. The largest absolute Gasteiger partial charge is 0.399 e. The third kappa shape index (κ3) is 3.23. The number of carbonyl (C=O) groups excluding carboxylic acids is 2. The van der Waals surface area contributed by atoms with Crippen LogP contribution in [0.3, 0.4) is 0 Å². The number of carbonyl (C=O) groups is 2. The zero-order chi connectivity index (χ0) is 13.0. The molecule has 0 unspecified atom stereocenters. The number of nitrogens with two attached hydrogens (primary N) is 1. The molecule has 18 heavy (non-hydrogen) atoms. The van der Waals surface area contributed by atoms with Gasteiger partial charge in [-0.2, -0.15) is 0 Å². The molecule has 1 heterocycles. The second kappa shape index (κ2) is 5.53. The van der Waals surface area contributed by atoms with Crippen LogP contribution in [0.25, 0.3) is 0 Å². The number of likely N-dealkylation sites (tertiary alicyclic amines) is 1. The van der Waals surface area contributed by atoms with E-state index in [-0.39, 0.29) is 18.4 Å². The summed E-state index contributed by atoms with van der Waals surface area (Å²) in [6, 6.07) is 7.34. The van der Waals surface area contributed by atoms with Crippen molar-refractivity contribution in [3.05, 3.63) is 29.8 Å². The van der Waals surface area contributed by atoms with E-state index in [2.05, 4.69) is 5.32 Å². The Labute approximate surface area is 106 Å². The molecule has 0 radical (unpaired) electrons. The lowest BCUT2D eigenvalue weighted by Crippen LogP contribution is -2.37. The van der Waals surface area contributed by atoms with Gasteiger partial charge < -0.3 is 16.0 Å². The van der Waals surface area contributed by atoms with Crippen molar-refractivity contribution in [2.45, 2.75) is 19.4 Å². The van der Waals surface area contributed by atoms with Crippen molar-refractivity contribution in [3.63, 3.8) is 0 Å². The van der Waals surface area contributed by atoms with Gasteiger partial charge in [0.15, 0.2) is 0 Å². The average Bonchev–Trinajstić information content (AvgIpc) is 2.74. The van der Waals surface area contributed by atoms with Crippen molar-refractivity contribution < 1.29 is 9.59 Å². The van der Waals surface area contributed by atoms with Gasteiger partial charge in [0.25, 0.3) is 0 Å². The molecule has 0 atom stereocenters. The first-order valence-electron chi connectivity index (χ1n) is 6.04. The van der Waals surface area contributed by atoms with Gasteiger partial charge in [-0.15, -0.1) is 0 Å². The van der Waals surface area contributed by atoms with Gasteiger partial charge in [-0.05, 0) is 24.1 Å². The molecule has 2 rings (SSSR count). The first-order chi connectivity index (χ1) is 8.65. The third-order valence-electron chi connectivity index (χ3n) is 2.98. The van der Waals surface area contributed by atoms with Crippen LogP contribution in [0.4, 0.5) is 5.69 Å². The summed E-state index contributed by atoms with van der Waals surface area (Å²) in [6.07, 6.45) is 1.41. The van der Waals surface area contributed by atoms with Crippen molar-refractivity contribution in [1.82, 2.24) is 10.2 Å². The highest BCUT2D eigenvalue weighted by Crippen LogP contribution is 2.09. The molecule has 0 saturated carbocycles. The Bertz CT molecular complexity index is 442. The Balaban J connectivity index is 1.78. The van der Waals surface area contributed by atoms with E-state index in [0.717, 1.165) is 12.0 Å². The number of nitrogens with zero attached hydrogens (tertiary/aromatic N) is 1. The minimum absolute atomic E-state index is 0.0673. The molecular formula is C13H17N3O2. The summed E-state index contributed by atoms with van der Waals surface area (Å²) in [5, 5.41) is 2.79. The van der Waals surface area contributed by atoms with E-state index in [1.54, 1.807) is 17.0 Å². The van der Waals surface area contributed by atoms with Crippen LogP contribution in [0.15, 0.2) is 24.3 Å². The van der Waals surface area contributed by atoms with E-state index in [0.29, 0.717) is 25.2 Å². The van der Waals surface area contributed by atoms with Crippen LogP contribution in [-0.2, 0) is 16.1 Å². The van der Waals surface area contributed by atoms with E-state index in [9.17, 15) is 9.59 Å². The summed E-state index contributed by atoms with van der Waals surface area (Å²) < 4.78 is 0. The van der Waals surface area contributed by atoms with Gasteiger partial charge in [-0.1, -0.05) is 12.1 Å². The Morgan fingerprint density at radius 3 is 2.67 bits per heavy atom. The molecule has 2 amide bonds. The molecule has 96 valence electrons. The number of rotatable bonds is 4. The number of amides is 2. The van der Waals surface area contributed by atoms with Crippen LogP contribution >= 0.6 is 0 Å². The van der Waals surface area contributed by atoms with Gasteiger partial charge in [0.1, 0.15) is 0 Å². The molecule has 1 aliphatic rings. The monoisotopic (exact) mass is 247 g/mol. The lowest BCUT2D eigenvalue weighted by molar-refractivity contribution is -0.133. The fourth-order valence-electron chi connectivity index (χ4n) is 1.94. The Kier molecular flexibility index (Phi) is 3.82. The van der Waals surface area contributed by atoms with Crippen molar-refractivity contribution >= 4 is 17.5 Å². The fourth-order valence-corrected chi connectivity index (χ4v) is 1.94. The highest BCUT2D eigenvalue weighted by molar-refractivity contribution is 5.85. The maximum atomic E-state index is 11.7. The van der Waals surface area contributed by atoms with Crippen molar-refractivity contribution in [3.8, 4) is 0 Å². The molecule has 0 aliphatic carbocycles. The minimum atomic E-state index is -0.123. The zero-order valence-electron chi connectivity index (χ0n) is 10.2. The van der Waals surface area contributed by atoms with E-state index in [4.69, 9.17) is 5.73 Å². The zero-order valence-corrected chi connectivity index (χ0v) is 10.2. The van der Waals surface area contributed by atoms with Crippen LogP contribution in [0, 0.1) is 0 Å². The number of nitrogen functional groups attached to an aromatic ring is 1. The molecule has 0 bridgehead atoms. The van der Waals surface area contributed by atoms with Gasteiger partial charge in [0.2, 0.25) is 11.8 Å². The standard InChI is InChI=1S/C13H17N3O2/c14-11-5-3-10(4-6-11)8-15-12(17)9-16-7-1-2-13(16)18/h3-6H,1-2,7-9,14H2,(H,15,17). The highest BCUT2D eigenvalue weighted by Gasteiger charge is 2.21. The molecule has 0 aromatic heterocycles. The Morgan fingerprint density at radius 2 is 2.06 bits per heavy atom. The van der Waals surface area contributed by atoms with E-state index < -0.39 is 0 Å². The van der Waals surface area contributed by atoms with Gasteiger partial charge >= 0.3 is 0 Å². The van der Waals surface area contributed by atoms with Crippen LogP contribution in [-0.4, -0.2) is 29.8 Å². The average molecular weight is 247 g/mol. The molecule has 5 nitrogen and oxygen atoms in total. The summed E-state index contributed by atoms with van der Waals surface area (Å²) >= 11 is 0. The van der Waals surface area contributed by atoms with Gasteiger partial charge in [0.05, 0.1) is 6.54 Å². The molecule has 1 aliphatic heterocycles. The molecule has 1 fully saturated rings. The first-order valence-corrected chi connectivity index (χ1v) is 6.04. The number of nitrogens with one attached hydrogen (secondary N) is 1. The van der Waals surface area contributed by atoms with E-state index in [1.165, 1.54) is 0 Å². The third-order valence-corrected chi connectivity index (χ3v) is 2.98. The number of anilines is 1. The quantitative estimate of drug-likeness (QED) is 0.761. The Hall–Kier alpha value is -2.04. The summed E-state index contributed by atoms with van der Waals surface area (Å²) in [7, 11) is 0. The van der Waals surface area contributed by atoms with E-state index in [1.807, 2.05) is 12.1 Å². The second-order valence-corrected chi connectivity index (χ2v) is 4.44. The predicted octanol–water partition coefficient (Wildman–Crippen LogP) is 0.507. The van der Waals surface area contributed by atoms with Crippen LogP contribution in [0.5, 0.6) is 0 Å². The molecule has 1 saturated heterocycles. The molecular weight excluding hydrogens is 230 g/mol. The maximum absolute atomic E-state index is 11.7. The molecule has 1 aromatic rings. The van der Waals surface area contributed by atoms with Crippen molar-refractivity contribution in [1.29, 1.82) is 0 Å². The lowest BCUT2D eigenvalue weighted by atomic mass is 10.2. The number of hydrogen-bond acceptors (Lipinski definition) is 3. The summed E-state index contributed by atoms with van der Waals surface area (Å²) in [4.78, 5) is 24.6. The Morgan fingerprint density at radius 1 is 1.33 bits per heavy atom. The van der Waals surface area contributed by atoms with Crippen LogP contribution < -0.4 is 11.1 Å². The van der Waals surface area contributed by atoms with Crippen molar-refractivity contribution in [2.24, 2.45) is 0 Å². The van der Waals surface area contributed by atoms with Gasteiger partial charge in [-0.25, -0.2) is 0 Å². The SMILES string of the molecule is Nc1ccc(CNC(=O)CN2CCCC2=O)cc1.